The van der Waals surface area contributed by atoms with Crippen LogP contribution in [0.3, 0.4) is 0 Å². The predicted octanol–water partition coefficient (Wildman–Crippen LogP) is 2.51. The molecule has 2 aliphatic heterocycles. The minimum atomic E-state index is -0.664. The van der Waals surface area contributed by atoms with Crippen molar-refractivity contribution in [3.8, 4) is 0 Å². The van der Waals surface area contributed by atoms with E-state index in [4.69, 9.17) is 0 Å². The van der Waals surface area contributed by atoms with E-state index >= 15 is 0 Å². The third-order valence-corrected chi connectivity index (χ3v) is 5.25. The van der Waals surface area contributed by atoms with Gasteiger partial charge in [0.1, 0.15) is 5.54 Å². The highest BCUT2D eigenvalue weighted by Gasteiger charge is 2.45. The highest BCUT2D eigenvalue weighted by atomic mass is 16.4. The summed E-state index contributed by atoms with van der Waals surface area (Å²) >= 11 is 0. The Labute approximate surface area is 126 Å². The van der Waals surface area contributed by atoms with Crippen molar-refractivity contribution in [1.82, 2.24) is 4.90 Å². The van der Waals surface area contributed by atoms with Gasteiger partial charge in [0.2, 0.25) is 0 Å². The number of rotatable bonds is 4. The number of carboxylic acid groups (broad SMARTS) is 1. The molecule has 1 fully saturated rings. The van der Waals surface area contributed by atoms with Gasteiger partial charge in [0.25, 0.3) is 0 Å². The maximum atomic E-state index is 11.7. The molecule has 2 heterocycles. The van der Waals surface area contributed by atoms with Gasteiger partial charge in [0, 0.05) is 25.8 Å². The second kappa shape index (κ2) is 5.34. The van der Waals surface area contributed by atoms with Gasteiger partial charge >= 0.3 is 5.97 Å². The number of carbonyl (C=O) groups is 1. The Kier molecular flexibility index (Phi) is 3.66. The Balaban J connectivity index is 1.82. The molecule has 0 radical (unpaired) electrons. The molecule has 1 atom stereocenters. The van der Waals surface area contributed by atoms with Gasteiger partial charge in [-0.25, -0.2) is 0 Å². The largest absolute Gasteiger partial charge is 0.480 e. The fourth-order valence-corrected chi connectivity index (χ4v) is 3.90. The number of anilines is 1. The van der Waals surface area contributed by atoms with Gasteiger partial charge < -0.3 is 10.0 Å². The van der Waals surface area contributed by atoms with Gasteiger partial charge in [-0.05, 0) is 49.4 Å². The molecule has 0 aliphatic carbocycles. The van der Waals surface area contributed by atoms with Crippen LogP contribution in [0.25, 0.3) is 0 Å². The van der Waals surface area contributed by atoms with E-state index in [2.05, 4.69) is 35.0 Å². The minimum Gasteiger partial charge on any atom is -0.480 e. The number of hydrogen-bond acceptors (Lipinski definition) is 3. The van der Waals surface area contributed by atoms with Crippen molar-refractivity contribution in [2.24, 2.45) is 0 Å². The number of nitrogens with zero attached hydrogens (tertiary/aromatic N) is 2. The molecule has 1 N–H and O–H groups in total. The number of likely N-dealkylation sites (tertiary alicyclic amines) is 1. The summed E-state index contributed by atoms with van der Waals surface area (Å²) in [6, 6.07) is 6.60. The lowest BCUT2D eigenvalue weighted by molar-refractivity contribution is -0.150. The third kappa shape index (κ3) is 2.31. The van der Waals surface area contributed by atoms with Crippen molar-refractivity contribution in [3.05, 3.63) is 29.3 Å². The molecule has 3 rings (SSSR count). The molecule has 2 aliphatic rings. The van der Waals surface area contributed by atoms with E-state index in [1.54, 1.807) is 0 Å². The van der Waals surface area contributed by atoms with Gasteiger partial charge in [-0.2, -0.15) is 0 Å². The SMILES string of the molecule is CCC1(C(=O)O)CCCN1Cc1ccc2c(c1)CCN2C. The van der Waals surface area contributed by atoms with Crippen molar-refractivity contribution >= 4 is 11.7 Å². The summed E-state index contributed by atoms with van der Waals surface area (Å²) in [5, 5.41) is 9.65. The molecule has 114 valence electrons. The molecule has 21 heavy (non-hydrogen) atoms. The zero-order valence-electron chi connectivity index (χ0n) is 12.9. The molecule has 0 spiro atoms. The number of carboxylic acids is 1. The van der Waals surface area contributed by atoms with Crippen molar-refractivity contribution in [2.45, 2.75) is 44.7 Å². The average molecular weight is 288 g/mol. The van der Waals surface area contributed by atoms with Crippen LogP contribution in [0.1, 0.15) is 37.3 Å². The van der Waals surface area contributed by atoms with Gasteiger partial charge in [-0.1, -0.05) is 19.1 Å². The standard InChI is InChI=1S/C17H24N2O2/c1-3-17(16(20)21)8-4-9-19(17)12-13-5-6-15-14(11-13)7-10-18(15)2/h5-6,11H,3-4,7-10,12H2,1-2H3,(H,20,21). The van der Waals surface area contributed by atoms with E-state index in [0.717, 1.165) is 38.9 Å². The van der Waals surface area contributed by atoms with Crippen LogP contribution in [0.4, 0.5) is 5.69 Å². The van der Waals surface area contributed by atoms with E-state index < -0.39 is 11.5 Å². The fraction of sp³-hybridized carbons (Fsp3) is 0.588. The van der Waals surface area contributed by atoms with Crippen LogP contribution in [-0.4, -0.2) is 41.7 Å². The lowest BCUT2D eigenvalue weighted by Gasteiger charge is -2.34. The van der Waals surface area contributed by atoms with Gasteiger partial charge in [-0.3, -0.25) is 9.69 Å². The van der Waals surface area contributed by atoms with Gasteiger partial charge in [0.15, 0.2) is 0 Å². The molecule has 0 saturated carbocycles. The second-order valence-electron chi connectivity index (χ2n) is 6.35. The lowest BCUT2D eigenvalue weighted by Crippen LogP contribution is -2.49. The first kappa shape index (κ1) is 14.4. The van der Waals surface area contributed by atoms with E-state index in [-0.39, 0.29) is 0 Å². The fourth-order valence-electron chi connectivity index (χ4n) is 3.90. The third-order valence-electron chi connectivity index (χ3n) is 5.25. The van der Waals surface area contributed by atoms with E-state index in [1.165, 1.54) is 16.8 Å². The number of aliphatic carboxylic acids is 1. The van der Waals surface area contributed by atoms with Crippen molar-refractivity contribution < 1.29 is 9.90 Å². The summed E-state index contributed by atoms with van der Waals surface area (Å²) in [5.41, 5.74) is 3.30. The quantitative estimate of drug-likeness (QED) is 0.924. The maximum Gasteiger partial charge on any atom is 0.324 e. The topological polar surface area (TPSA) is 43.8 Å². The minimum absolute atomic E-state index is 0.657. The summed E-state index contributed by atoms with van der Waals surface area (Å²) < 4.78 is 0. The number of likely N-dealkylation sites (N-methyl/N-ethyl adjacent to an activating group) is 1. The van der Waals surface area contributed by atoms with Crippen LogP contribution in [-0.2, 0) is 17.8 Å². The first-order chi connectivity index (χ1) is 10.1. The number of fused-ring (bicyclic) bond motifs is 1. The van der Waals surface area contributed by atoms with Crippen molar-refractivity contribution in [3.63, 3.8) is 0 Å². The summed E-state index contributed by atoms with van der Waals surface area (Å²) in [6.07, 6.45) is 3.52. The zero-order valence-corrected chi connectivity index (χ0v) is 12.9. The molecular formula is C17H24N2O2. The Morgan fingerprint density at radius 3 is 2.90 bits per heavy atom. The highest BCUT2D eigenvalue weighted by Crippen LogP contribution is 2.35. The van der Waals surface area contributed by atoms with Crippen LogP contribution in [0.2, 0.25) is 0 Å². The van der Waals surface area contributed by atoms with Crippen molar-refractivity contribution in [2.75, 3.05) is 25.0 Å². The highest BCUT2D eigenvalue weighted by molar-refractivity contribution is 5.79. The molecule has 4 nitrogen and oxygen atoms in total. The van der Waals surface area contributed by atoms with Crippen LogP contribution in [0, 0.1) is 0 Å². The molecule has 1 unspecified atom stereocenters. The summed E-state index contributed by atoms with van der Waals surface area (Å²) in [6.45, 7) is 4.70. The molecule has 0 aromatic heterocycles. The molecule has 0 bridgehead atoms. The molecule has 1 saturated heterocycles. The summed E-state index contributed by atoms with van der Waals surface area (Å²) in [7, 11) is 2.12. The number of hydrogen-bond donors (Lipinski definition) is 1. The monoisotopic (exact) mass is 288 g/mol. The van der Waals surface area contributed by atoms with Crippen molar-refractivity contribution in [1.29, 1.82) is 0 Å². The first-order valence-electron chi connectivity index (χ1n) is 7.88. The molecule has 4 heteroatoms. The maximum absolute atomic E-state index is 11.7. The Bertz CT molecular complexity index is 558. The van der Waals surface area contributed by atoms with Crippen LogP contribution >= 0.6 is 0 Å². The smallest absolute Gasteiger partial charge is 0.324 e. The number of benzene rings is 1. The molecule has 1 aromatic rings. The average Bonchev–Trinajstić information content (AvgIpc) is 3.04. The van der Waals surface area contributed by atoms with Gasteiger partial charge in [0.05, 0.1) is 0 Å². The first-order valence-corrected chi connectivity index (χ1v) is 7.88. The summed E-state index contributed by atoms with van der Waals surface area (Å²) in [4.78, 5) is 16.2. The second-order valence-corrected chi connectivity index (χ2v) is 6.35. The van der Waals surface area contributed by atoms with Gasteiger partial charge in [-0.15, -0.1) is 0 Å². The summed E-state index contributed by atoms with van der Waals surface area (Å²) in [5.74, 6) is -0.664. The van der Waals surface area contributed by atoms with E-state index in [0.29, 0.717) is 6.42 Å². The molecule has 0 amide bonds. The Morgan fingerprint density at radius 2 is 2.19 bits per heavy atom. The van der Waals surface area contributed by atoms with E-state index in [9.17, 15) is 9.90 Å². The van der Waals surface area contributed by atoms with E-state index in [1.807, 2.05) is 6.92 Å². The van der Waals surface area contributed by atoms with Crippen LogP contribution in [0.5, 0.6) is 0 Å². The van der Waals surface area contributed by atoms with Crippen LogP contribution in [0.15, 0.2) is 18.2 Å². The predicted molar refractivity (Wildman–Crippen MR) is 83.7 cm³/mol. The van der Waals surface area contributed by atoms with Crippen LogP contribution < -0.4 is 4.90 Å². The molecule has 1 aromatic carbocycles. The zero-order chi connectivity index (χ0) is 15.0. The Morgan fingerprint density at radius 1 is 1.38 bits per heavy atom. The lowest BCUT2D eigenvalue weighted by atomic mass is 9.92. The Hall–Kier alpha value is -1.55. The normalized spacial score (nSPS) is 25.3. The molecular weight excluding hydrogens is 264 g/mol.